The van der Waals surface area contributed by atoms with Crippen LogP contribution in [0, 0.1) is 11.8 Å². The van der Waals surface area contributed by atoms with Gasteiger partial charge in [0.25, 0.3) is 0 Å². The molecule has 1 saturated carbocycles. The van der Waals surface area contributed by atoms with Gasteiger partial charge < -0.3 is 10.6 Å². The molecule has 1 aliphatic carbocycles. The van der Waals surface area contributed by atoms with E-state index < -0.39 is 0 Å². The Balaban J connectivity index is 1.65. The van der Waals surface area contributed by atoms with E-state index >= 15 is 0 Å². The second kappa shape index (κ2) is 4.57. The normalized spacial score (nSPS) is 25.1. The maximum Gasteiger partial charge on any atom is 0.321 e. The molecule has 2 unspecified atom stereocenters. The number of hydrogen-bond donors (Lipinski definition) is 2. The molecule has 1 aromatic carbocycles. The highest BCUT2D eigenvalue weighted by Crippen LogP contribution is 2.38. The van der Waals surface area contributed by atoms with Gasteiger partial charge in [0.15, 0.2) is 0 Å². The molecule has 0 bridgehead atoms. The van der Waals surface area contributed by atoms with Crippen LogP contribution in [0.25, 0.3) is 0 Å². The molecule has 1 aliphatic heterocycles. The monoisotopic (exact) mass is 259 g/mol. The molecule has 0 radical (unpaired) electrons. The minimum atomic E-state index is -0.0661. The molecule has 3 rings (SSSR count). The number of nitrogens with zero attached hydrogens (tertiary/aromatic N) is 1. The molecule has 1 saturated heterocycles. The van der Waals surface area contributed by atoms with Crippen molar-refractivity contribution in [1.82, 2.24) is 5.32 Å². The number of benzene rings is 1. The van der Waals surface area contributed by atoms with E-state index in [1.54, 1.807) is 4.90 Å². The SMILES string of the molecule is CC1CC1C(=O)Nc1ccc(N2CCNC2=O)cc1. The Kier molecular flexibility index (Phi) is 2.89. The van der Waals surface area contributed by atoms with Crippen LogP contribution in [0.5, 0.6) is 0 Å². The molecule has 0 spiro atoms. The molecule has 100 valence electrons. The van der Waals surface area contributed by atoms with E-state index in [4.69, 9.17) is 0 Å². The Labute approximate surface area is 112 Å². The Bertz CT molecular complexity index is 512. The predicted octanol–water partition coefficient (Wildman–Crippen LogP) is 1.81. The molecular weight excluding hydrogens is 242 g/mol. The molecule has 1 heterocycles. The van der Waals surface area contributed by atoms with Gasteiger partial charge in [-0.3, -0.25) is 9.69 Å². The summed E-state index contributed by atoms with van der Waals surface area (Å²) < 4.78 is 0. The molecule has 2 aliphatic rings. The van der Waals surface area contributed by atoms with E-state index in [2.05, 4.69) is 17.6 Å². The van der Waals surface area contributed by atoms with Crippen molar-refractivity contribution in [3.63, 3.8) is 0 Å². The van der Waals surface area contributed by atoms with Gasteiger partial charge in [-0.25, -0.2) is 4.79 Å². The molecule has 2 fully saturated rings. The zero-order valence-electron chi connectivity index (χ0n) is 10.8. The van der Waals surface area contributed by atoms with E-state index in [0.29, 0.717) is 19.0 Å². The zero-order valence-corrected chi connectivity index (χ0v) is 10.8. The van der Waals surface area contributed by atoms with Crippen molar-refractivity contribution in [3.05, 3.63) is 24.3 Å². The predicted molar refractivity (Wildman–Crippen MR) is 73.1 cm³/mol. The van der Waals surface area contributed by atoms with Gasteiger partial charge in [-0.05, 0) is 36.6 Å². The highest BCUT2D eigenvalue weighted by atomic mass is 16.2. The summed E-state index contributed by atoms with van der Waals surface area (Å²) in [6.07, 6.45) is 0.984. The number of nitrogens with one attached hydrogen (secondary N) is 2. The average molecular weight is 259 g/mol. The first-order valence-electron chi connectivity index (χ1n) is 6.61. The van der Waals surface area contributed by atoms with Crippen LogP contribution < -0.4 is 15.5 Å². The first-order valence-corrected chi connectivity index (χ1v) is 6.61. The van der Waals surface area contributed by atoms with E-state index in [0.717, 1.165) is 17.8 Å². The average Bonchev–Trinajstić information content (AvgIpc) is 2.98. The smallest absolute Gasteiger partial charge is 0.321 e. The van der Waals surface area contributed by atoms with Crippen molar-refractivity contribution in [2.45, 2.75) is 13.3 Å². The Morgan fingerprint density at radius 2 is 2.05 bits per heavy atom. The van der Waals surface area contributed by atoms with Gasteiger partial charge in [0.1, 0.15) is 0 Å². The summed E-state index contributed by atoms with van der Waals surface area (Å²) >= 11 is 0. The van der Waals surface area contributed by atoms with Crippen LogP contribution in [0.15, 0.2) is 24.3 Å². The van der Waals surface area contributed by atoms with E-state index in [1.165, 1.54) is 0 Å². The summed E-state index contributed by atoms with van der Waals surface area (Å²) in [6.45, 7) is 3.44. The standard InChI is InChI=1S/C14H17N3O2/c1-9-8-12(9)13(18)16-10-2-4-11(5-3-10)17-7-6-15-14(17)19/h2-5,9,12H,6-8H2,1H3,(H,15,19)(H,16,18). The lowest BCUT2D eigenvalue weighted by molar-refractivity contribution is -0.117. The molecule has 1 aromatic rings. The number of urea groups is 1. The first kappa shape index (κ1) is 12.0. The van der Waals surface area contributed by atoms with Crippen LogP contribution >= 0.6 is 0 Å². The van der Waals surface area contributed by atoms with Gasteiger partial charge in [0.05, 0.1) is 0 Å². The lowest BCUT2D eigenvalue weighted by Gasteiger charge is -2.14. The lowest BCUT2D eigenvalue weighted by Crippen LogP contribution is -2.27. The van der Waals surface area contributed by atoms with Crippen molar-refractivity contribution in [1.29, 1.82) is 0 Å². The Hall–Kier alpha value is -2.04. The number of carbonyl (C=O) groups excluding carboxylic acids is 2. The molecule has 3 amide bonds. The van der Waals surface area contributed by atoms with Crippen molar-refractivity contribution < 1.29 is 9.59 Å². The highest BCUT2D eigenvalue weighted by Gasteiger charge is 2.39. The van der Waals surface area contributed by atoms with Crippen LogP contribution in [0.3, 0.4) is 0 Å². The zero-order chi connectivity index (χ0) is 13.4. The topological polar surface area (TPSA) is 61.4 Å². The van der Waals surface area contributed by atoms with E-state index in [-0.39, 0.29) is 17.9 Å². The summed E-state index contributed by atoms with van der Waals surface area (Å²) in [7, 11) is 0. The van der Waals surface area contributed by atoms with Gasteiger partial charge in [0.2, 0.25) is 5.91 Å². The van der Waals surface area contributed by atoms with Crippen molar-refractivity contribution in [3.8, 4) is 0 Å². The fraction of sp³-hybridized carbons (Fsp3) is 0.429. The third kappa shape index (κ3) is 2.41. The summed E-state index contributed by atoms with van der Waals surface area (Å²) in [4.78, 5) is 25.0. The fourth-order valence-corrected chi connectivity index (χ4v) is 2.37. The second-order valence-electron chi connectivity index (χ2n) is 5.24. The molecule has 0 aromatic heterocycles. The van der Waals surface area contributed by atoms with Gasteiger partial charge in [-0.2, -0.15) is 0 Å². The largest absolute Gasteiger partial charge is 0.336 e. The number of carbonyl (C=O) groups is 2. The van der Waals surface area contributed by atoms with Gasteiger partial charge >= 0.3 is 6.03 Å². The van der Waals surface area contributed by atoms with Crippen LogP contribution in [-0.4, -0.2) is 25.0 Å². The minimum absolute atomic E-state index is 0.0661. The number of rotatable bonds is 3. The summed E-state index contributed by atoms with van der Waals surface area (Å²) in [5.74, 6) is 0.774. The van der Waals surface area contributed by atoms with Crippen LogP contribution in [0.4, 0.5) is 16.2 Å². The second-order valence-corrected chi connectivity index (χ2v) is 5.24. The minimum Gasteiger partial charge on any atom is -0.336 e. The van der Waals surface area contributed by atoms with Gasteiger partial charge in [0, 0.05) is 30.4 Å². The molecule has 5 heteroatoms. The maximum atomic E-state index is 11.8. The number of anilines is 2. The van der Waals surface area contributed by atoms with Crippen molar-refractivity contribution >= 4 is 23.3 Å². The molecule has 19 heavy (non-hydrogen) atoms. The van der Waals surface area contributed by atoms with Gasteiger partial charge in [-0.15, -0.1) is 0 Å². The third-order valence-electron chi connectivity index (χ3n) is 3.75. The fourth-order valence-electron chi connectivity index (χ4n) is 2.37. The Morgan fingerprint density at radius 3 is 2.58 bits per heavy atom. The summed E-state index contributed by atoms with van der Waals surface area (Å²) in [5.41, 5.74) is 1.64. The van der Waals surface area contributed by atoms with Gasteiger partial charge in [-0.1, -0.05) is 6.92 Å². The van der Waals surface area contributed by atoms with Crippen LogP contribution in [-0.2, 0) is 4.79 Å². The van der Waals surface area contributed by atoms with Crippen LogP contribution in [0.2, 0.25) is 0 Å². The molecule has 5 nitrogen and oxygen atoms in total. The van der Waals surface area contributed by atoms with E-state index in [1.807, 2.05) is 24.3 Å². The van der Waals surface area contributed by atoms with E-state index in [9.17, 15) is 9.59 Å². The lowest BCUT2D eigenvalue weighted by atomic mass is 10.2. The summed E-state index contributed by atoms with van der Waals surface area (Å²) in [5, 5.41) is 5.67. The molecular formula is C14H17N3O2. The first-order chi connectivity index (χ1) is 9.15. The highest BCUT2D eigenvalue weighted by molar-refractivity contribution is 5.96. The summed E-state index contributed by atoms with van der Waals surface area (Å²) in [6, 6.07) is 7.33. The van der Waals surface area contributed by atoms with Crippen LogP contribution in [0.1, 0.15) is 13.3 Å². The van der Waals surface area contributed by atoms with Crippen molar-refractivity contribution in [2.75, 3.05) is 23.3 Å². The molecule has 2 atom stereocenters. The van der Waals surface area contributed by atoms with Crippen molar-refractivity contribution in [2.24, 2.45) is 11.8 Å². The Morgan fingerprint density at radius 1 is 1.37 bits per heavy atom. The number of amides is 3. The third-order valence-corrected chi connectivity index (χ3v) is 3.75. The number of hydrogen-bond acceptors (Lipinski definition) is 2. The molecule has 2 N–H and O–H groups in total. The maximum absolute atomic E-state index is 11.8. The quantitative estimate of drug-likeness (QED) is 0.869.